The van der Waals surface area contributed by atoms with Gasteiger partial charge in [-0.1, -0.05) is 19.3 Å². The highest BCUT2D eigenvalue weighted by Crippen LogP contribution is 2.33. The lowest BCUT2D eigenvalue weighted by molar-refractivity contribution is 0.227. The van der Waals surface area contributed by atoms with Gasteiger partial charge in [-0.2, -0.15) is 0 Å². The highest BCUT2D eigenvalue weighted by Gasteiger charge is 2.28. The van der Waals surface area contributed by atoms with E-state index in [1.54, 1.807) is 0 Å². The second-order valence-corrected chi connectivity index (χ2v) is 5.96. The van der Waals surface area contributed by atoms with Crippen molar-refractivity contribution < 1.29 is 8.42 Å². The zero-order valence-electron chi connectivity index (χ0n) is 7.49. The molecule has 1 aliphatic rings. The van der Waals surface area contributed by atoms with Crippen molar-refractivity contribution >= 4 is 9.84 Å². The van der Waals surface area contributed by atoms with Gasteiger partial charge in [-0.3, -0.25) is 0 Å². The van der Waals surface area contributed by atoms with Gasteiger partial charge in [0.1, 0.15) is 9.84 Å². The predicted octanol–water partition coefficient (Wildman–Crippen LogP) is 0.406. The molecule has 1 aliphatic carbocycles. The minimum absolute atomic E-state index is 0.203. The summed E-state index contributed by atoms with van der Waals surface area (Å²) in [6.45, 7) is 0.512. The number of hydrogen-bond donors (Lipinski definition) is 1. The topological polar surface area (TPSA) is 60.2 Å². The van der Waals surface area contributed by atoms with E-state index in [1.165, 1.54) is 12.7 Å². The van der Waals surface area contributed by atoms with Gasteiger partial charge in [-0.25, -0.2) is 8.42 Å². The molecule has 1 unspecified atom stereocenters. The van der Waals surface area contributed by atoms with Gasteiger partial charge in [0.2, 0.25) is 0 Å². The fourth-order valence-electron chi connectivity index (χ4n) is 1.70. The summed E-state index contributed by atoms with van der Waals surface area (Å²) in [4.78, 5) is 0. The quantitative estimate of drug-likeness (QED) is 0.700. The van der Waals surface area contributed by atoms with Gasteiger partial charge in [-0.15, -0.1) is 0 Å². The van der Waals surface area contributed by atoms with Gasteiger partial charge >= 0.3 is 0 Å². The van der Waals surface area contributed by atoms with Gasteiger partial charge in [0.05, 0.1) is 5.75 Å². The van der Waals surface area contributed by atoms with Crippen molar-refractivity contribution in [2.75, 3.05) is 18.6 Å². The molecule has 4 heteroatoms. The molecule has 0 amide bonds. The largest absolute Gasteiger partial charge is 0.330 e. The molecule has 3 nitrogen and oxygen atoms in total. The van der Waals surface area contributed by atoms with Gasteiger partial charge in [0.15, 0.2) is 0 Å². The molecule has 1 fully saturated rings. The van der Waals surface area contributed by atoms with Crippen molar-refractivity contribution in [2.24, 2.45) is 17.6 Å². The molecule has 0 radical (unpaired) electrons. The lowest BCUT2D eigenvalue weighted by Gasteiger charge is -2.32. The van der Waals surface area contributed by atoms with Crippen molar-refractivity contribution in [3.63, 3.8) is 0 Å². The Morgan fingerprint density at radius 1 is 1.50 bits per heavy atom. The minimum Gasteiger partial charge on any atom is -0.330 e. The maximum absolute atomic E-state index is 11.0. The number of sulfone groups is 1. The Hall–Kier alpha value is -0.0900. The summed E-state index contributed by atoms with van der Waals surface area (Å²) in [5.74, 6) is 1.05. The molecule has 0 aromatic carbocycles. The first kappa shape index (κ1) is 9.99. The third-order valence-corrected chi connectivity index (χ3v) is 3.67. The van der Waals surface area contributed by atoms with Crippen LogP contribution in [0.3, 0.4) is 0 Å². The van der Waals surface area contributed by atoms with Crippen LogP contribution < -0.4 is 5.73 Å². The van der Waals surface area contributed by atoms with E-state index in [1.807, 2.05) is 0 Å². The Balaban J connectivity index is 2.45. The van der Waals surface area contributed by atoms with E-state index in [-0.39, 0.29) is 11.7 Å². The molecule has 0 spiro atoms. The third-order valence-electron chi connectivity index (χ3n) is 2.64. The summed E-state index contributed by atoms with van der Waals surface area (Å²) in [6.07, 6.45) is 4.86. The average molecular weight is 191 g/mol. The summed E-state index contributed by atoms with van der Waals surface area (Å²) in [7, 11) is -2.84. The van der Waals surface area contributed by atoms with E-state index in [0.717, 1.165) is 12.8 Å². The SMILES string of the molecule is CS(=O)(=O)CC(CN)C1CCC1. The molecule has 0 aromatic heterocycles. The molecule has 0 saturated heterocycles. The molecule has 0 heterocycles. The first-order chi connectivity index (χ1) is 5.53. The fraction of sp³-hybridized carbons (Fsp3) is 1.00. The Morgan fingerprint density at radius 2 is 2.08 bits per heavy atom. The molecular weight excluding hydrogens is 174 g/mol. The van der Waals surface area contributed by atoms with E-state index in [0.29, 0.717) is 12.5 Å². The van der Waals surface area contributed by atoms with Crippen LogP contribution in [0.1, 0.15) is 19.3 Å². The molecule has 72 valence electrons. The van der Waals surface area contributed by atoms with Gasteiger partial charge < -0.3 is 5.73 Å². The highest BCUT2D eigenvalue weighted by molar-refractivity contribution is 7.90. The maximum Gasteiger partial charge on any atom is 0.147 e. The normalized spacial score (nSPS) is 21.8. The van der Waals surface area contributed by atoms with Crippen molar-refractivity contribution in [3.05, 3.63) is 0 Å². The Kier molecular flexibility index (Phi) is 3.12. The van der Waals surface area contributed by atoms with Crippen LogP contribution in [0, 0.1) is 11.8 Å². The maximum atomic E-state index is 11.0. The van der Waals surface area contributed by atoms with E-state index in [2.05, 4.69) is 0 Å². The van der Waals surface area contributed by atoms with Crippen LogP contribution in [0.2, 0.25) is 0 Å². The smallest absolute Gasteiger partial charge is 0.147 e. The summed E-state index contributed by atoms with van der Waals surface area (Å²) in [5, 5.41) is 0. The number of nitrogens with two attached hydrogens (primary N) is 1. The summed E-state index contributed by atoms with van der Waals surface area (Å²) >= 11 is 0. The van der Waals surface area contributed by atoms with Crippen LogP contribution in [0.15, 0.2) is 0 Å². The predicted molar refractivity (Wildman–Crippen MR) is 49.6 cm³/mol. The zero-order valence-corrected chi connectivity index (χ0v) is 8.31. The fourth-order valence-corrected chi connectivity index (χ4v) is 2.88. The van der Waals surface area contributed by atoms with E-state index in [9.17, 15) is 8.42 Å². The summed E-state index contributed by atoms with van der Waals surface area (Å²) < 4.78 is 22.0. The monoisotopic (exact) mass is 191 g/mol. The molecule has 2 N–H and O–H groups in total. The minimum atomic E-state index is -2.84. The zero-order chi connectivity index (χ0) is 9.19. The second kappa shape index (κ2) is 3.75. The van der Waals surface area contributed by atoms with Crippen molar-refractivity contribution in [1.29, 1.82) is 0 Å². The summed E-state index contributed by atoms with van der Waals surface area (Å²) in [5.41, 5.74) is 5.53. The Morgan fingerprint density at radius 3 is 2.33 bits per heavy atom. The second-order valence-electron chi connectivity index (χ2n) is 3.78. The standard InChI is InChI=1S/C8H17NO2S/c1-12(10,11)6-8(5-9)7-3-2-4-7/h7-8H,2-6,9H2,1H3. The van der Waals surface area contributed by atoms with Crippen LogP contribution in [-0.2, 0) is 9.84 Å². The van der Waals surface area contributed by atoms with E-state index < -0.39 is 9.84 Å². The average Bonchev–Trinajstić information content (AvgIpc) is 1.79. The molecular formula is C8H17NO2S. The lowest BCUT2D eigenvalue weighted by atomic mass is 9.77. The molecule has 12 heavy (non-hydrogen) atoms. The first-order valence-corrected chi connectivity index (χ1v) is 6.47. The Bertz CT molecular complexity index is 231. The molecule has 0 aliphatic heterocycles. The van der Waals surface area contributed by atoms with Crippen molar-refractivity contribution in [1.82, 2.24) is 0 Å². The summed E-state index contributed by atoms with van der Waals surface area (Å²) in [6, 6.07) is 0. The highest BCUT2D eigenvalue weighted by atomic mass is 32.2. The van der Waals surface area contributed by atoms with E-state index >= 15 is 0 Å². The van der Waals surface area contributed by atoms with Crippen LogP contribution >= 0.6 is 0 Å². The van der Waals surface area contributed by atoms with Crippen LogP contribution in [0.4, 0.5) is 0 Å². The molecule has 1 atom stereocenters. The third kappa shape index (κ3) is 2.75. The van der Waals surface area contributed by atoms with Crippen LogP contribution in [-0.4, -0.2) is 27.0 Å². The van der Waals surface area contributed by atoms with Crippen molar-refractivity contribution in [2.45, 2.75) is 19.3 Å². The number of rotatable bonds is 4. The van der Waals surface area contributed by atoms with Crippen LogP contribution in [0.25, 0.3) is 0 Å². The lowest BCUT2D eigenvalue weighted by Crippen LogP contribution is -2.33. The molecule has 1 saturated carbocycles. The molecule has 0 bridgehead atoms. The van der Waals surface area contributed by atoms with Gasteiger partial charge in [-0.05, 0) is 18.4 Å². The number of hydrogen-bond acceptors (Lipinski definition) is 3. The molecule has 1 rings (SSSR count). The Labute approximate surface area is 74.3 Å². The first-order valence-electron chi connectivity index (χ1n) is 4.40. The van der Waals surface area contributed by atoms with Crippen molar-refractivity contribution in [3.8, 4) is 0 Å². The van der Waals surface area contributed by atoms with Crippen LogP contribution in [0.5, 0.6) is 0 Å². The van der Waals surface area contributed by atoms with Gasteiger partial charge in [0, 0.05) is 6.26 Å². The molecule has 0 aromatic rings. The van der Waals surface area contributed by atoms with E-state index in [4.69, 9.17) is 5.73 Å². The van der Waals surface area contributed by atoms with Gasteiger partial charge in [0.25, 0.3) is 0 Å².